The highest BCUT2D eigenvalue weighted by atomic mass is 16.5. The molecule has 0 spiro atoms. The van der Waals surface area contributed by atoms with Crippen LogP contribution in [0.3, 0.4) is 0 Å². The van der Waals surface area contributed by atoms with Crippen molar-refractivity contribution >= 4 is 17.8 Å². The largest absolute Gasteiger partial charge is 0.477 e. The SMILES string of the molecule is CCOC(=O)/C=C(\C)NC(=O)C(C)n1nccc1C(=O)O. The van der Waals surface area contributed by atoms with Gasteiger partial charge in [0.1, 0.15) is 11.7 Å². The Morgan fingerprint density at radius 2 is 2.19 bits per heavy atom. The topological polar surface area (TPSA) is 111 Å². The molecule has 2 N–H and O–H groups in total. The fourth-order valence-corrected chi connectivity index (χ4v) is 1.60. The quantitative estimate of drug-likeness (QED) is 0.591. The number of nitrogens with one attached hydrogen (secondary N) is 1. The summed E-state index contributed by atoms with van der Waals surface area (Å²) in [6.45, 7) is 4.95. The van der Waals surface area contributed by atoms with Gasteiger partial charge in [-0.1, -0.05) is 0 Å². The standard InChI is InChI=1S/C13H17N3O5/c1-4-21-11(17)7-8(2)15-12(18)9(3)16-10(13(19)20)5-6-14-16/h5-7,9H,4H2,1-3H3,(H,15,18)(H,19,20)/b8-7+. The molecule has 1 amide bonds. The molecule has 0 aromatic carbocycles. The van der Waals surface area contributed by atoms with Crippen molar-refractivity contribution in [1.82, 2.24) is 15.1 Å². The molecular formula is C13H17N3O5. The fourth-order valence-electron chi connectivity index (χ4n) is 1.60. The third kappa shape index (κ3) is 4.44. The molecule has 0 saturated heterocycles. The number of carboxylic acids is 1. The number of aromatic nitrogens is 2. The van der Waals surface area contributed by atoms with Crippen molar-refractivity contribution in [3.63, 3.8) is 0 Å². The van der Waals surface area contributed by atoms with Gasteiger partial charge < -0.3 is 15.2 Å². The molecule has 21 heavy (non-hydrogen) atoms. The van der Waals surface area contributed by atoms with Crippen LogP contribution in [-0.2, 0) is 14.3 Å². The zero-order chi connectivity index (χ0) is 16.0. The Balaban J connectivity index is 2.77. The molecule has 0 aliphatic rings. The molecule has 8 nitrogen and oxygen atoms in total. The lowest BCUT2D eigenvalue weighted by molar-refractivity contribution is -0.137. The first kappa shape index (κ1) is 16.4. The van der Waals surface area contributed by atoms with E-state index in [2.05, 4.69) is 10.4 Å². The van der Waals surface area contributed by atoms with Crippen LogP contribution in [0.25, 0.3) is 0 Å². The summed E-state index contributed by atoms with van der Waals surface area (Å²) in [5, 5.41) is 15.3. The van der Waals surface area contributed by atoms with Crippen LogP contribution in [0, 0.1) is 0 Å². The van der Waals surface area contributed by atoms with Gasteiger partial charge in [0, 0.05) is 18.0 Å². The second-order valence-corrected chi connectivity index (χ2v) is 4.21. The van der Waals surface area contributed by atoms with E-state index in [0.717, 1.165) is 10.8 Å². The lowest BCUT2D eigenvalue weighted by Gasteiger charge is -2.14. The zero-order valence-corrected chi connectivity index (χ0v) is 12.0. The predicted octanol–water partition coefficient (Wildman–Crippen LogP) is 0.725. The minimum atomic E-state index is -1.18. The van der Waals surface area contributed by atoms with Crippen molar-refractivity contribution in [2.75, 3.05) is 6.61 Å². The van der Waals surface area contributed by atoms with Gasteiger partial charge in [-0.05, 0) is 26.8 Å². The minimum Gasteiger partial charge on any atom is -0.477 e. The number of aromatic carboxylic acids is 1. The predicted molar refractivity (Wildman–Crippen MR) is 72.4 cm³/mol. The molecule has 0 aliphatic heterocycles. The average Bonchev–Trinajstić information content (AvgIpc) is 2.86. The Bertz CT molecular complexity index is 576. The summed E-state index contributed by atoms with van der Waals surface area (Å²) in [5.74, 6) is -2.22. The normalized spacial score (nSPS) is 12.6. The molecule has 1 atom stereocenters. The highest BCUT2D eigenvalue weighted by Gasteiger charge is 2.21. The van der Waals surface area contributed by atoms with Crippen molar-refractivity contribution in [2.24, 2.45) is 0 Å². The fraction of sp³-hybridized carbons (Fsp3) is 0.385. The van der Waals surface area contributed by atoms with Gasteiger partial charge >= 0.3 is 11.9 Å². The first-order valence-electron chi connectivity index (χ1n) is 6.29. The highest BCUT2D eigenvalue weighted by molar-refractivity contribution is 5.88. The number of nitrogens with zero attached hydrogens (tertiary/aromatic N) is 2. The second-order valence-electron chi connectivity index (χ2n) is 4.21. The summed E-state index contributed by atoms with van der Waals surface area (Å²) >= 11 is 0. The molecule has 1 rings (SSSR count). The van der Waals surface area contributed by atoms with Gasteiger partial charge in [-0.3, -0.25) is 4.79 Å². The van der Waals surface area contributed by atoms with Gasteiger partial charge in [0.2, 0.25) is 5.91 Å². The monoisotopic (exact) mass is 295 g/mol. The molecular weight excluding hydrogens is 278 g/mol. The Labute approximate surface area is 121 Å². The summed E-state index contributed by atoms with van der Waals surface area (Å²) in [7, 11) is 0. The third-order valence-corrected chi connectivity index (χ3v) is 2.58. The number of carbonyl (C=O) groups excluding carboxylic acids is 2. The zero-order valence-electron chi connectivity index (χ0n) is 12.0. The van der Waals surface area contributed by atoms with E-state index in [1.165, 1.54) is 26.1 Å². The average molecular weight is 295 g/mol. The van der Waals surface area contributed by atoms with Crippen LogP contribution in [0.2, 0.25) is 0 Å². The molecule has 0 radical (unpaired) electrons. The minimum absolute atomic E-state index is 0.0929. The number of allylic oxidation sites excluding steroid dienone is 1. The van der Waals surface area contributed by atoms with E-state index >= 15 is 0 Å². The van der Waals surface area contributed by atoms with E-state index in [4.69, 9.17) is 9.84 Å². The molecule has 1 aromatic heterocycles. The number of carbonyl (C=O) groups is 3. The van der Waals surface area contributed by atoms with Crippen LogP contribution in [0.5, 0.6) is 0 Å². The van der Waals surface area contributed by atoms with Crippen LogP contribution in [0.1, 0.15) is 37.3 Å². The number of amides is 1. The van der Waals surface area contributed by atoms with Crippen LogP contribution >= 0.6 is 0 Å². The van der Waals surface area contributed by atoms with Crippen LogP contribution in [0.4, 0.5) is 0 Å². The number of hydrogen-bond donors (Lipinski definition) is 2. The Morgan fingerprint density at radius 1 is 1.52 bits per heavy atom. The van der Waals surface area contributed by atoms with Gasteiger partial charge in [-0.2, -0.15) is 5.10 Å². The Hall–Kier alpha value is -2.64. The van der Waals surface area contributed by atoms with Crippen LogP contribution in [-0.4, -0.2) is 39.3 Å². The third-order valence-electron chi connectivity index (χ3n) is 2.58. The first-order valence-corrected chi connectivity index (χ1v) is 6.29. The summed E-state index contributed by atoms with van der Waals surface area (Å²) in [4.78, 5) is 34.2. The first-order chi connectivity index (χ1) is 9.86. The summed E-state index contributed by atoms with van der Waals surface area (Å²) in [6.07, 6.45) is 2.45. The Kier molecular flexibility index (Phi) is 5.65. The van der Waals surface area contributed by atoms with Crippen molar-refractivity contribution in [1.29, 1.82) is 0 Å². The van der Waals surface area contributed by atoms with Crippen molar-refractivity contribution in [2.45, 2.75) is 26.8 Å². The second kappa shape index (κ2) is 7.22. The molecule has 0 fully saturated rings. The van der Waals surface area contributed by atoms with E-state index in [-0.39, 0.29) is 12.3 Å². The van der Waals surface area contributed by atoms with Gasteiger partial charge in [0.15, 0.2) is 0 Å². The molecule has 1 aromatic rings. The molecule has 8 heteroatoms. The van der Waals surface area contributed by atoms with E-state index < -0.39 is 23.9 Å². The molecule has 0 saturated carbocycles. The summed E-state index contributed by atoms with van der Waals surface area (Å²) in [6, 6.07) is 0.463. The van der Waals surface area contributed by atoms with E-state index in [1.54, 1.807) is 6.92 Å². The number of rotatable bonds is 6. The Morgan fingerprint density at radius 3 is 2.76 bits per heavy atom. The van der Waals surface area contributed by atoms with Crippen molar-refractivity contribution in [3.8, 4) is 0 Å². The van der Waals surface area contributed by atoms with Crippen LogP contribution in [0.15, 0.2) is 24.0 Å². The molecule has 1 heterocycles. The number of ether oxygens (including phenoxy) is 1. The van der Waals surface area contributed by atoms with E-state index in [1.807, 2.05) is 0 Å². The van der Waals surface area contributed by atoms with Crippen molar-refractivity contribution in [3.05, 3.63) is 29.7 Å². The highest BCUT2D eigenvalue weighted by Crippen LogP contribution is 2.10. The molecule has 114 valence electrons. The molecule has 0 bridgehead atoms. The lowest BCUT2D eigenvalue weighted by Crippen LogP contribution is -2.32. The van der Waals surface area contributed by atoms with Gasteiger partial charge in [-0.15, -0.1) is 0 Å². The molecule has 1 unspecified atom stereocenters. The summed E-state index contributed by atoms with van der Waals surface area (Å²) in [5.41, 5.74) is 0.207. The number of hydrogen-bond acceptors (Lipinski definition) is 5. The smallest absolute Gasteiger partial charge is 0.354 e. The van der Waals surface area contributed by atoms with Gasteiger partial charge in [0.25, 0.3) is 0 Å². The number of esters is 1. The number of carboxylic acid groups (broad SMARTS) is 1. The van der Waals surface area contributed by atoms with E-state index in [0.29, 0.717) is 5.70 Å². The van der Waals surface area contributed by atoms with Gasteiger partial charge in [-0.25, -0.2) is 14.3 Å². The van der Waals surface area contributed by atoms with Crippen molar-refractivity contribution < 1.29 is 24.2 Å². The summed E-state index contributed by atoms with van der Waals surface area (Å²) < 4.78 is 5.81. The maximum atomic E-state index is 12.0. The lowest BCUT2D eigenvalue weighted by atomic mass is 10.3. The van der Waals surface area contributed by atoms with Gasteiger partial charge in [0.05, 0.1) is 6.61 Å². The van der Waals surface area contributed by atoms with E-state index in [9.17, 15) is 14.4 Å². The maximum absolute atomic E-state index is 12.0. The van der Waals surface area contributed by atoms with Crippen LogP contribution < -0.4 is 5.32 Å². The maximum Gasteiger partial charge on any atom is 0.354 e. The molecule has 0 aliphatic carbocycles.